The third kappa shape index (κ3) is 4.60. The van der Waals surface area contributed by atoms with Gasteiger partial charge in [0.05, 0.1) is 7.11 Å². The number of likely N-dealkylation sites (N-methyl/N-ethyl adjacent to an activating group) is 1. The first-order valence-electron chi connectivity index (χ1n) is 6.12. The molecule has 0 saturated heterocycles. The van der Waals surface area contributed by atoms with Gasteiger partial charge < -0.3 is 9.64 Å². The van der Waals surface area contributed by atoms with E-state index in [0.29, 0.717) is 6.04 Å². The van der Waals surface area contributed by atoms with Crippen LogP contribution in [0.25, 0.3) is 0 Å². The lowest BCUT2D eigenvalue weighted by Gasteiger charge is -2.25. The molecule has 1 unspecified atom stereocenters. The second-order valence-electron chi connectivity index (χ2n) is 4.42. The van der Waals surface area contributed by atoms with E-state index < -0.39 is 0 Å². The van der Waals surface area contributed by atoms with Gasteiger partial charge >= 0.3 is 0 Å². The van der Waals surface area contributed by atoms with Crippen LogP contribution in [0.4, 0.5) is 0 Å². The molecule has 0 saturated carbocycles. The molecule has 0 spiro atoms. The maximum atomic E-state index is 5.38. The predicted molar refractivity (Wildman–Crippen MR) is 77.3 cm³/mol. The minimum Gasteiger partial charge on any atom is -0.496 e. The van der Waals surface area contributed by atoms with E-state index in [1.807, 2.05) is 12.1 Å². The summed E-state index contributed by atoms with van der Waals surface area (Å²) in [5, 5.41) is 0. The van der Waals surface area contributed by atoms with E-state index in [0.717, 1.165) is 30.9 Å². The number of hydrogen-bond donors (Lipinski definition) is 1. The van der Waals surface area contributed by atoms with Crippen LogP contribution in [0.2, 0.25) is 0 Å². The van der Waals surface area contributed by atoms with Crippen molar-refractivity contribution in [1.29, 1.82) is 0 Å². The molecule has 0 radical (unpaired) electrons. The van der Waals surface area contributed by atoms with Crippen LogP contribution in [0.1, 0.15) is 18.9 Å². The van der Waals surface area contributed by atoms with E-state index in [2.05, 4.69) is 43.6 Å². The van der Waals surface area contributed by atoms with E-state index in [1.165, 1.54) is 5.56 Å². The Kier molecular flexibility index (Phi) is 6.45. The maximum Gasteiger partial charge on any atom is 0.122 e. The maximum absolute atomic E-state index is 5.38. The minimum atomic E-state index is 0.520. The molecule has 0 N–H and O–H groups in total. The fourth-order valence-corrected chi connectivity index (χ4v) is 2.03. The lowest BCUT2D eigenvalue weighted by molar-refractivity contribution is 0.256. The molecular formula is C14H23NOS. The molecule has 1 rings (SSSR count). The average molecular weight is 253 g/mol. The van der Waals surface area contributed by atoms with Crippen molar-refractivity contribution in [2.75, 3.05) is 26.5 Å². The third-order valence-corrected chi connectivity index (χ3v) is 3.45. The molecule has 0 aliphatic rings. The van der Waals surface area contributed by atoms with Gasteiger partial charge in [-0.25, -0.2) is 0 Å². The largest absolute Gasteiger partial charge is 0.496 e. The van der Waals surface area contributed by atoms with Crippen LogP contribution in [0.3, 0.4) is 0 Å². The second-order valence-corrected chi connectivity index (χ2v) is 4.87. The zero-order valence-electron chi connectivity index (χ0n) is 11.0. The van der Waals surface area contributed by atoms with Gasteiger partial charge in [0.15, 0.2) is 0 Å². The Bertz CT molecular complexity index is 330. The van der Waals surface area contributed by atoms with Gasteiger partial charge in [-0.2, -0.15) is 12.6 Å². The summed E-state index contributed by atoms with van der Waals surface area (Å²) in [4.78, 5) is 2.38. The highest BCUT2D eigenvalue weighted by Crippen LogP contribution is 2.20. The van der Waals surface area contributed by atoms with Crippen molar-refractivity contribution < 1.29 is 4.74 Å². The molecular weight excluding hydrogens is 230 g/mol. The van der Waals surface area contributed by atoms with Gasteiger partial charge in [-0.3, -0.25) is 0 Å². The van der Waals surface area contributed by atoms with Crippen molar-refractivity contribution >= 4 is 12.6 Å². The van der Waals surface area contributed by atoms with Gasteiger partial charge in [0.1, 0.15) is 5.75 Å². The molecule has 17 heavy (non-hydrogen) atoms. The quantitative estimate of drug-likeness (QED) is 0.750. The smallest absolute Gasteiger partial charge is 0.122 e. The van der Waals surface area contributed by atoms with Crippen LogP contribution >= 0.6 is 12.6 Å². The molecule has 0 aliphatic carbocycles. The van der Waals surface area contributed by atoms with E-state index in [4.69, 9.17) is 4.74 Å². The summed E-state index contributed by atoms with van der Waals surface area (Å²) in [6.45, 7) is 3.35. The Morgan fingerprint density at radius 3 is 2.71 bits per heavy atom. The average Bonchev–Trinajstić information content (AvgIpc) is 2.36. The van der Waals surface area contributed by atoms with Crippen LogP contribution in [0.5, 0.6) is 5.75 Å². The van der Waals surface area contributed by atoms with Gasteiger partial charge in [0.2, 0.25) is 0 Å². The molecule has 96 valence electrons. The van der Waals surface area contributed by atoms with E-state index in [1.54, 1.807) is 7.11 Å². The third-order valence-electron chi connectivity index (χ3n) is 3.13. The first kappa shape index (κ1) is 14.4. The number of benzene rings is 1. The fourth-order valence-electron chi connectivity index (χ4n) is 1.89. The van der Waals surface area contributed by atoms with Crippen LogP contribution in [0.15, 0.2) is 24.3 Å². The normalized spacial score (nSPS) is 12.8. The predicted octanol–water partition coefficient (Wildman–Crippen LogP) is 2.88. The first-order valence-corrected chi connectivity index (χ1v) is 6.75. The molecule has 0 amide bonds. The number of hydrogen-bond acceptors (Lipinski definition) is 3. The molecule has 1 aromatic carbocycles. The zero-order chi connectivity index (χ0) is 12.7. The zero-order valence-corrected chi connectivity index (χ0v) is 11.9. The minimum absolute atomic E-state index is 0.520. The molecule has 1 aromatic rings. The summed E-state index contributed by atoms with van der Waals surface area (Å²) in [6.07, 6.45) is 2.16. The Hall–Kier alpha value is -0.670. The van der Waals surface area contributed by atoms with Crippen LogP contribution in [-0.4, -0.2) is 37.4 Å². The van der Waals surface area contributed by atoms with Crippen molar-refractivity contribution in [1.82, 2.24) is 4.90 Å². The van der Waals surface area contributed by atoms with Gasteiger partial charge in [-0.15, -0.1) is 0 Å². The summed E-state index contributed by atoms with van der Waals surface area (Å²) in [5.74, 6) is 1.94. The lowest BCUT2D eigenvalue weighted by Crippen LogP contribution is -2.32. The molecule has 0 bridgehead atoms. The Morgan fingerprint density at radius 2 is 2.06 bits per heavy atom. The first-order chi connectivity index (χ1) is 8.19. The van der Waals surface area contributed by atoms with E-state index >= 15 is 0 Å². The van der Waals surface area contributed by atoms with E-state index in [9.17, 15) is 0 Å². The summed E-state index contributed by atoms with van der Waals surface area (Å²) < 4.78 is 5.38. The number of methoxy groups -OCH3 is 1. The molecule has 3 heteroatoms. The van der Waals surface area contributed by atoms with Gasteiger partial charge in [-0.05, 0) is 50.7 Å². The van der Waals surface area contributed by atoms with Crippen LogP contribution in [-0.2, 0) is 6.42 Å². The molecule has 0 fully saturated rings. The molecule has 1 atom stereocenters. The molecule has 0 aromatic heterocycles. The standard InChI is InChI=1S/C14H23NOS/c1-12(15(2)9-6-10-17)11-13-7-4-5-8-14(13)16-3/h4-5,7-8,12,17H,6,9-11H2,1-3H3. The van der Waals surface area contributed by atoms with Crippen molar-refractivity contribution in [3.8, 4) is 5.75 Å². The number of thiol groups is 1. The lowest BCUT2D eigenvalue weighted by atomic mass is 10.1. The highest BCUT2D eigenvalue weighted by Gasteiger charge is 2.11. The van der Waals surface area contributed by atoms with Crippen molar-refractivity contribution in [2.24, 2.45) is 0 Å². The number of rotatable bonds is 7. The summed E-state index contributed by atoms with van der Waals surface area (Å²) in [6, 6.07) is 8.76. The number of para-hydroxylation sites is 1. The SMILES string of the molecule is COc1ccccc1CC(C)N(C)CCCS. The second kappa shape index (κ2) is 7.62. The van der Waals surface area contributed by atoms with Crippen molar-refractivity contribution in [3.63, 3.8) is 0 Å². The van der Waals surface area contributed by atoms with Crippen LogP contribution in [0, 0.1) is 0 Å². The van der Waals surface area contributed by atoms with Crippen LogP contribution < -0.4 is 4.74 Å². The Balaban J connectivity index is 2.57. The monoisotopic (exact) mass is 253 g/mol. The highest BCUT2D eigenvalue weighted by atomic mass is 32.1. The fraction of sp³-hybridized carbons (Fsp3) is 0.571. The van der Waals surface area contributed by atoms with Crippen molar-refractivity contribution in [2.45, 2.75) is 25.8 Å². The van der Waals surface area contributed by atoms with E-state index in [-0.39, 0.29) is 0 Å². The summed E-state index contributed by atoms with van der Waals surface area (Å²) in [7, 11) is 3.90. The number of ether oxygens (including phenoxy) is 1. The highest BCUT2D eigenvalue weighted by molar-refractivity contribution is 7.80. The van der Waals surface area contributed by atoms with Gasteiger partial charge in [-0.1, -0.05) is 18.2 Å². The van der Waals surface area contributed by atoms with Gasteiger partial charge in [0, 0.05) is 6.04 Å². The topological polar surface area (TPSA) is 12.5 Å². The number of nitrogens with zero attached hydrogens (tertiary/aromatic N) is 1. The Morgan fingerprint density at radius 1 is 1.35 bits per heavy atom. The Labute approximate surface area is 110 Å². The summed E-state index contributed by atoms with van der Waals surface area (Å²) in [5.41, 5.74) is 1.28. The summed E-state index contributed by atoms with van der Waals surface area (Å²) >= 11 is 4.25. The molecule has 0 aliphatic heterocycles. The molecule has 2 nitrogen and oxygen atoms in total. The molecule has 0 heterocycles. The van der Waals surface area contributed by atoms with Gasteiger partial charge in [0.25, 0.3) is 0 Å². The van der Waals surface area contributed by atoms with Crippen molar-refractivity contribution in [3.05, 3.63) is 29.8 Å².